The van der Waals surface area contributed by atoms with E-state index in [1.165, 1.54) is 4.90 Å². The van der Waals surface area contributed by atoms with E-state index in [4.69, 9.17) is 11.6 Å². The van der Waals surface area contributed by atoms with Gasteiger partial charge >= 0.3 is 0 Å². The third kappa shape index (κ3) is 4.11. The highest BCUT2D eigenvalue weighted by atomic mass is 35.5. The first-order chi connectivity index (χ1) is 8.62. The maximum absolute atomic E-state index is 11.9. The number of halogens is 1. The molecule has 1 amide bonds. The molecule has 1 aromatic rings. The van der Waals surface area contributed by atoms with Gasteiger partial charge in [0.2, 0.25) is 15.9 Å². The number of rotatable bonds is 4. The van der Waals surface area contributed by atoms with E-state index in [-0.39, 0.29) is 12.5 Å². The average Bonchev–Trinajstić information content (AvgIpc) is 2.27. The largest absolute Gasteiger partial charge is 0.347 e. The van der Waals surface area contributed by atoms with Crippen LogP contribution >= 0.6 is 11.6 Å². The lowest BCUT2D eigenvalue weighted by molar-refractivity contribution is -0.127. The van der Waals surface area contributed by atoms with E-state index < -0.39 is 10.0 Å². The summed E-state index contributed by atoms with van der Waals surface area (Å²) in [6.07, 6.45) is 1.07. The van der Waals surface area contributed by atoms with Crippen molar-refractivity contribution < 1.29 is 13.2 Å². The lowest BCUT2D eigenvalue weighted by Crippen LogP contribution is -2.40. The number of sulfonamides is 1. The van der Waals surface area contributed by atoms with Gasteiger partial charge in [0, 0.05) is 19.1 Å². The summed E-state index contributed by atoms with van der Waals surface area (Å²) in [7, 11) is -0.405. The number of hydrogen-bond donors (Lipinski definition) is 0. The number of carbonyl (C=O) groups excluding carboxylic acids is 1. The molecule has 0 atom stereocenters. The van der Waals surface area contributed by atoms with Crippen molar-refractivity contribution in [1.82, 2.24) is 4.90 Å². The second-order valence-corrected chi connectivity index (χ2v) is 6.83. The summed E-state index contributed by atoms with van der Waals surface area (Å²) in [5, 5.41) is 0.423. The van der Waals surface area contributed by atoms with Crippen molar-refractivity contribution in [3.8, 4) is 0 Å². The normalized spacial score (nSPS) is 11.2. The van der Waals surface area contributed by atoms with Crippen LogP contribution in [0.15, 0.2) is 18.2 Å². The van der Waals surface area contributed by atoms with Crippen molar-refractivity contribution in [3.63, 3.8) is 0 Å². The van der Waals surface area contributed by atoms with Crippen LogP contribution in [-0.4, -0.2) is 46.1 Å². The average molecular weight is 305 g/mol. The third-order valence-electron chi connectivity index (χ3n) is 2.62. The molecule has 0 aliphatic rings. The van der Waals surface area contributed by atoms with Gasteiger partial charge in [0.05, 0.1) is 11.9 Å². The number of benzene rings is 1. The Hall–Kier alpha value is -1.27. The van der Waals surface area contributed by atoms with Crippen LogP contribution in [0.5, 0.6) is 0 Å². The van der Waals surface area contributed by atoms with Gasteiger partial charge in [-0.15, -0.1) is 0 Å². The highest BCUT2D eigenvalue weighted by Gasteiger charge is 2.23. The van der Waals surface area contributed by atoms with Crippen molar-refractivity contribution in [2.45, 2.75) is 6.92 Å². The van der Waals surface area contributed by atoms with Crippen LogP contribution in [-0.2, 0) is 14.8 Å². The molecule has 0 aliphatic heterocycles. The molecule has 7 heteroatoms. The van der Waals surface area contributed by atoms with Crippen LogP contribution in [0.25, 0.3) is 0 Å². The van der Waals surface area contributed by atoms with Crippen LogP contribution in [0.3, 0.4) is 0 Å². The van der Waals surface area contributed by atoms with Crippen LogP contribution in [0, 0.1) is 6.92 Å². The number of amides is 1. The second kappa shape index (κ2) is 5.79. The molecule has 0 aliphatic carbocycles. The number of carbonyl (C=O) groups is 1. The Kier molecular flexibility index (Phi) is 4.81. The van der Waals surface area contributed by atoms with E-state index in [2.05, 4.69) is 0 Å². The van der Waals surface area contributed by atoms with Gasteiger partial charge in [-0.05, 0) is 24.6 Å². The molecule has 0 saturated carbocycles. The maximum Gasteiger partial charge on any atom is 0.242 e. The molecule has 0 unspecified atom stereocenters. The summed E-state index contributed by atoms with van der Waals surface area (Å²) in [4.78, 5) is 13.1. The van der Waals surface area contributed by atoms with E-state index in [1.54, 1.807) is 39.2 Å². The molecule has 106 valence electrons. The van der Waals surface area contributed by atoms with Crippen LogP contribution < -0.4 is 4.31 Å². The molecule has 1 rings (SSSR count). The molecule has 0 saturated heterocycles. The molecule has 0 radical (unpaired) electrons. The fraction of sp³-hybridized carbons (Fsp3) is 0.417. The number of likely N-dealkylation sites (N-methyl/N-ethyl adjacent to an activating group) is 1. The number of aryl methyl sites for hydroxylation is 1. The van der Waals surface area contributed by atoms with Gasteiger partial charge in [-0.1, -0.05) is 17.7 Å². The molecule has 1 aromatic carbocycles. The van der Waals surface area contributed by atoms with E-state index in [9.17, 15) is 13.2 Å². The first kappa shape index (κ1) is 15.8. The Balaban J connectivity index is 3.26. The Morgan fingerprint density at radius 2 is 1.89 bits per heavy atom. The number of hydrogen-bond acceptors (Lipinski definition) is 3. The molecular weight excluding hydrogens is 288 g/mol. The van der Waals surface area contributed by atoms with Crippen molar-refractivity contribution in [1.29, 1.82) is 0 Å². The molecule has 0 aromatic heterocycles. The van der Waals surface area contributed by atoms with Crippen molar-refractivity contribution >= 4 is 33.2 Å². The van der Waals surface area contributed by atoms with E-state index in [0.717, 1.165) is 16.1 Å². The quantitative estimate of drug-likeness (QED) is 0.847. The lowest BCUT2D eigenvalue weighted by Gasteiger charge is -2.25. The zero-order valence-corrected chi connectivity index (χ0v) is 12.9. The van der Waals surface area contributed by atoms with Gasteiger partial charge in [0.25, 0.3) is 0 Å². The summed E-state index contributed by atoms with van der Waals surface area (Å²) in [6, 6.07) is 4.94. The van der Waals surface area contributed by atoms with Gasteiger partial charge in [0.1, 0.15) is 6.54 Å². The predicted molar refractivity (Wildman–Crippen MR) is 77.1 cm³/mol. The van der Waals surface area contributed by atoms with Crippen LogP contribution in [0.2, 0.25) is 5.02 Å². The highest BCUT2D eigenvalue weighted by Crippen LogP contribution is 2.26. The molecule has 19 heavy (non-hydrogen) atoms. The van der Waals surface area contributed by atoms with Gasteiger partial charge in [-0.3, -0.25) is 9.10 Å². The predicted octanol–water partition coefficient (Wildman–Crippen LogP) is 1.50. The summed E-state index contributed by atoms with van der Waals surface area (Å²) in [5.74, 6) is -0.301. The van der Waals surface area contributed by atoms with Gasteiger partial charge in [-0.25, -0.2) is 8.42 Å². The van der Waals surface area contributed by atoms with Gasteiger partial charge < -0.3 is 4.90 Å². The smallest absolute Gasteiger partial charge is 0.242 e. The van der Waals surface area contributed by atoms with E-state index >= 15 is 0 Å². The van der Waals surface area contributed by atoms with Gasteiger partial charge in [-0.2, -0.15) is 0 Å². The van der Waals surface area contributed by atoms with E-state index in [0.29, 0.717) is 10.7 Å². The fourth-order valence-corrected chi connectivity index (χ4v) is 2.56. The Labute approximate surface area is 118 Å². The zero-order valence-electron chi connectivity index (χ0n) is 11.3. The number of nitrogens with zero attached hydrogens (tertiary/aromatic N) is 2. The second-order valence-electron chi connectivity index (χ2n) is 4.49. The zero-order chi connectivity index (χ0) is 14.8. The van der Waals surface area contributed by atoms with Crippen molar-refractivity contribution in [3.05, 3.63) is 28.8 Å². The molecule has 0 spiro atoms. The van der Waals surface area contributed by atoms with Gasteiger partial charge in [0.15, 0.2) is 0 Å². The monoisotopic (exact) mass is 304 g/mol. The molecule has 0 N–H and O–H groups in total. The minimum absolute atomic E-state index is 0.243. The van der Waals surface area contributed by atoms with Crippen LogP contribution in [0.4, 0.5) is 5.69 Å². The Morgan fingerprint density at radius 1 is 1.32 bits per heavy atom. The minimum Gasteiger partial charge on any atom is -0.347 e. The first-order valence-corrected chi connectivity index (χ1v) is 7.79. The summed E-state index contributed by atoms with van der Waals surface area (Å²) in [5.41, 5.74) is 1.16. The Morgan fingerprint density at radius 3 is 2.37 bits per heavy atom. The topological polar surface area (TPSA) is 57.7 Å². The van der Waals surface area contributed by atoms with E-state index in [1.807, 2.05) is 0 Å². The summed E-state index contributed by atoms with van der Waals surface area (Å²) < 4.78 is 24.8. The summed E-state index contributed by atoms with van der Waals surface area (Å²) in [6.45, 7) is 1.52. The molecule has 0 bridgehead atoms. The fourth-order valence-electron chi connectivity index (χ4n) is 1.50. The lowest BCUT2D eigenvalue weighted by atomic mass is 10.2. The van der Waals surface area contributed by atoms with Crippen molar-refractivity contribution in [2.24, 2.45) is 0 Å². The number of anilines is 1. The first-order valence-electron chi connectivity index (χ1n) is 5.57. The molecule has 0 heterocycles. The minimum atomic E-state index is -3.56. The van der Waals surface area contributed by atoms with Crippen molar-refractivity contribution in [2.75, 3.05) is 31.2 Å². The molecule has 5 nitrogen and oxygen atoms in total. The maximum atomic E-state index is 11.9. The highest BCUT2D eigenvalue weighted by molar-refractivity contribution is 7.92. The summed E-state index contributed by atoms with van der Waals surface area (Å²) >= 11 is 5.89. The Bertz CT molecular complexity index is 585. The third-order valence-corrected chi connectivity index (χ3v) is 3.98. The standard InChI is InChI=1S/C12H17ClN2O3S/c1-9-5-6-10(13)7-11(9)15(19(4,17)18)8-12(16)14(2)3/h5-7H,8H2,1-4H3. The molecular formula is C12H17ClN2O3S. The SMILES string of the molecule is Cc1ccc(Cl)cc1N(CC(=O)N(C)C)S(C)(=O)=O. The van der Waals surface area contributed by atoms with Crippen LogP contribution in [0.1, 0.15) is 5.56 Å². The molecule has 0 fully saturated rings.